The van der Waals surface area contributed by atoms with E-state index in [1.165, 1.54) is 11.8 Å². The molecule has 8 heteroatoms. The van der Waals surface area contributed by atoms with E-state index >= 15 is 0 Å². The lowest BCUT2D eigenvalue weighted by atomic mass is 10.2. The van der Waals surface area contributed by atoms with Crippen LogP contribution < -0.4 is 0 Å². The van der Waals surface area contributed by atoms with Crippen molar-refractivity contribution >= 4 is 38.3 Å². The smallest absolute Gasteiger partial charge is 0.372 e. The maximum atomic E-state index is 12.3. The van der Waals surface area contributed by atoms with Gasteiger partial charge in [-0.15, -0.1) is 12.6 Å². The predicted molar refractivity (Wildman–Crippen MR) is 100.0 cm³/mol. The van der Waals surface area contributed by atoms with E-state index in [9.17, 15) is 4.79 Å². The van der Waals surface area contributed by atoms with Crippen LogP contribution in [0.2, 0.25) is 6.04 Å². The van der Waals surface area contributed by atoms with Gasteiger partial charge in [-0.1, -0.05) is 23.9 Å². The third-order valence-electron chi connectivity index (χ3n) is 4.17. The van der Waals surface area contributed by atoms with Gasteiger partial charge < -0.3 is 13.3 Å². The number of benzene rings is 1. The normalized spacial score (nSPS) is 27.3. The summed E-state index contributed by atoms with van der Waals surface area (Å²) in [5, 5.41) is 0.0634. The Morgan fingerprint density at radius 3 is 2.38 bits per heavy atom. The first-order valence-electron chi connectivity index (χ1n) is 8.28. The molecule has 0 amide bonds. The van der Waals surface area contributed by atoms with Crippen LogP contribution >= 0.6 is 24.4 Å². The maximum Gasteiger partial charge on any atom is 0.501 e. The summed E-state index contributed by atoms with van der Waals surface area (Å²) in [5.41, 5.74) is 0.669. The summed E-state index contributed by atoms with van der Waals surface area (Å²) < 4.78 is 18.0. The third-order valence-corrected chi connectivity index (χ3v) is 8.44. The molecular formula is C16H23NO4S2Si. The number of nitrogens with zero attached hydrogens (tertiary/aromatic N) is 1. The number of carbonyl (C=O) groups excluding carboxylic acids is 1. The highest BCUT2D eigenvalue weighted by atomic mass is 32.2. The molecule has 0 spiro atoms. The van der Waals surface area contributed by atoms with E-state index in [1.54, 1.807) is 0 Å². The van der Waals surface area contributed by atoms with E-state index in [0.717, 1.165) is 42.7 Å². The molecule has 0 aromatic heterocycles. The van der Waals surface area contributed by atoms with Crippen LogP contribution in [0.15, 0.2) is 29.2 Å². The van der Waals surface area contributed by atoms with Crippen LogP contribution in [0.5, 0.6) is 0 Å². The van der Waals surface area contributed by atoms with E-state index in [4.69, 9.17) is 13.3 Å². The van der Waals surface area contributed by atoms with E-state index in [0.29, 0.717) is 25.4 Å². The fraction of sp³-hybridized carbons (Fsp3) is 0.562. The van der Waals surface area contributed by atoms with Gasteiger partial charge in [0.05, 0.1) is 19.8 Å². The van der Waals surface area contributed by atoms with Crippen molar-refractivity contribution in [1.82, 2.24) is 4.90 Å². The van der Waals surface area contributed by atoms with Crippen LogP contribution in [0.25, 0.3) is 0 Å². The van der Waals surface area contributed by atoms with E-state index in [1.807, 2.05) is 24.3 Å². The summed E-state index contributed by atoms with van der Waals surface area (Å²) in [6, 6.07) is 8.17. The standard InChI is InChI=1S/C16H23NO4S2Si/c18-16(14-4-1-2-5-15(14)22)23-12-3-13-24-19-9-6-17(7-10-20-24)8-11-21-24/h1-2,4-5,22H,3,6-13H2. The summed E-state index contributed by atoms with van der Waals surface area (Å²) in [6.45, 7) is 4.87. The van der Waals surface area contributed by atoms with Crippen molar-refractivity contribution in [1.29, 1.82) is 0 Å². The highest BCUT2D eigenvalue weighted by Gasteiger charge is 2.43. The van der Waals surface area contributed by atoms with Gasteiger partial charge in [0, 0.05) is 41.9 Å². The molecule has 3 fully saturated rings. The lowest BCUT2D eigenvalue weighted by Crippen LogP contribution is -2.55. The minimum atomic E-state index is -2.56. The van der Waals surface area contributed by atoms with Gasteiger partial charge in [0.25, 0.3) is 0 Å². The maximum absolute atomic E-state index is 12.3. The second kappa shape index (κ2) is 8.84. The Labute approximate surface area is 153 Å². The van der Waals surface area contributed by atoms with Crippen molar-refractivity contribution in [3.8, 4) is 0 Å². The zero-order valence-corrected chi connectivity index (χ0v) is 16.3. The first-order chi connectivity index (χ1) is 11.7. The first kappa shape index (κ1) is 18.4. The monoisotopic (exact) mass is 385 g/mol. The van der Waals surface area contributed by atoms with Crippen LogP contribution in [0, 0.1) is 0 Å². The van der Waals surface area contributed by atoms with E-state index in [2.05, 4.69) is 17.5 Å². The average molecular weight is 386 g/mol. The lowest BCUT2D eigenvalue weighted by Gasteiger charge is -2.38. The molecular weight excluding hydrogens is 362 g/mol. The summed E-state index contributed by atoms with van der Waals surface area (Å²) in [5.74, 6) is 0.734. The Bertz CT molecular complexity index is 548. The molecule has 0 N–H and O–H groups in total. The topological polar surface area (TPSA) is 48.0 Å². The predicted octanol–water partition coefficient (Wildman–Crippen LogP) is 2.56. The average Bonchev–Trinajstić information content (AvgIpc) is 2.52. The number of rotatable bonds is 5. The number of hydrogen-bond donors (Lipinski definition) is 1. The molecule has 24 heavy (non-hydrogen) atoms. The van der Waals surface area contributed by atoms with Gasteiger partial charge >= 0.3 is 8.80 Å². The molecule has 0 atom stereocenters. The zero-order valence-electron chi connectivity index (χ0n) is 13.6. The van der Waals surface area contributed by atoms with Crippen LogP contribution in [-0.4, -0.2) is 64.0 Å². The van der Waals surface area contributed by atoms with Crippen molar-refractivity contribution in [2.45, 2.75) is 17.4 Å². The highest BCUT2D eigenvalue weighted by Crippen LogP contribution is 2.25. The molecule has 5 nitrogen and oxygen atoms in total. The molecule has 0 radical (unpaired) electrons. The second-order valence-corrected chi connectivity index (χ2v) is 10.1. The molecule has 3 aliphatic rings. The van der Waals surface area contributed by atoms with Gasteiger partial charge in [0.15, 0.2) is 0 Å². The van der Waals surface area contributed by atoms with Crippen molar-refractivity contribution in [3.05, 3.63) is 29.8 Å². The van der Waals surface area contributed by atoms with Crippen LogP contribution in [-0.2, 0) is 13.3 Å². The molecule has 0 saturated carbocycles. The summed E-state index contributed by atoms with van der Waals surface area (Å²) in [4.78, 5) is 15.3. The van der Waals surface area contributed by atoms with E-state index < -0.39 is 8.80 Å². The second-order valence-electron chi connectivity index (χ2n) is 5.83. The Morgan fingerprint density at radius 2 is 1.75 bits per heavy atom. The molecule has 0 aliphatic carbocycles. The van der Waals surface area contributed by atoms with Crippen molar-refractivity contribution in [3.63, 3.8) is 0 Å². The SMILES string of the molecule is O=C(SCCC[Si]12OCCN(CCO1)CCO2)c1ccccc1S. The molecule has 4 rings (SSSR count). The third kappa shape index (κ3) is 4.84. The molecule has 2 bridgehead atoms. The molecule has 3 aliphatic heterocycles. The molecule has 3 saturated heterocycles. The number of carbonyl (C=O) groups is 1. The Kier molecular flexibility index (Phi) is 6.79. The largest absolute Gasteiger partial charge is 0.501 e. The minimum Gasteiger partial charge on any atom is -0.372 e. The quantitative estimate of drug-likeness (QED) is 0.478. The lowest BCUT2D eigenvalue weighted by molar-refractivity contribution is -0.00829. The van der Waals surface area contributed by atoms with Crippen LogP contribution in [0.4, 0.5) is 0 Å². The molecule has 1 aromatic rings. The van der Waals surface area contributed by atoms with Gasteiger partial charge in [-0.3, -0.25) is 9.69 Å². The minimum absolute atomic E-state index is 0.0634. The highest BCUT2D eigenvalue weighted by molar-refractivity contribution is 8.14. The fourth-order valence-electron chi connectivity index (χ4n) is 2.85. The van der Waals surface area contributed by atoms with Gasteiger partial charge in [-0.05, 0) is 18.6 Å². The number of thioether (sulfide) groups is 1. The number of thiol groups is 1. The molecule has 3 heterocycles. The molecule has 0 unspecified atom stereocenters. The molecule has 132 valence electrons. The van der Waals surface area contributed by atoms with Gasteiger partial charge in [0.2, 0.25) is 5.12 Å². The van der Waals surface area contributed by atoms with Gasteiger partial charge in [-0.25, -0.2) is 0 Å². The summed E-state index contributed by atoms with van der Waals surface area (Å²) in [7, 11) is -2.56. The van der Waals surface area contributed by atoms with Crippen LogP contribution in [0.1, 0.15) is 16.8 Å². The number of fused-ring (bicyclic) bond motifs is 6. The van der Waals surface area contributed by atoms with Crippen molar-refractivity contribution < 1.29 is 18.1 Å². The van der Waals surface area contributed by atoms with Gasteiger partial charge in [-0.2, -0.15) is 0 Å². The Hall–Kier alpha value is -0.353. The van der Waals surface area contributed by atoms with Crippen molar-refractivity contribution in [2.24, 2.45) is 0 Å². The zero-order chi connectivity index (χ0) is 16.8. The van der Waals surface area contributed by atoms with Gasteiger partial charge in [0.1, 0.15) is 0 Å². The van der Waals surface area contributed by atoms with Crippen molar-refractivity contribution in [2.75, 3.05) is 45.2 Å². The molecule has 1 aromatic carbocycles. The Morgan fingerprint density at radius 1 is 1.12 bits per heavy atom. The fourth-order valence-corrected chi connectivity index (χ4v) is 6.75. The first-order valence-corrected chi connectivity index (χ1v) is 11.6. The van der Waals surface area contributed by atoms with Crippen LogP contribution in [0.3, 0.4) is 0 Å². The summed E-state index contributed by atoms with van der Waals surface area (Å²) in [6.07, 6.45) is 0.848. The van der Waals surface area contributed by atoms with E-state index in [-0.39, 0.29) is 5.12 Å². The number of hydrogen-bond acceptors (Lipinski definition) is 7. The summed E-state index contributed by atoms with van der Waals surface area (Å²) >= 11 is 5.67. The Balaban J connectivity index is 1.48.